The summed E-state index contributed by atoms with van der Waals surface area (Å²) in [4.78, 5) is 0. The second-order valence-electron chi connectivity index (χ2n) is 17.1. The Hall–Kier alpha value is -7.20. The molecule has 0 heterocycles. The van der Waals surface area contributed by atoms with Gasteiger partial charge in [-0.15, -0.1) is 0 Å². The maximum atomic E-state index is 14.9. The van der Waals surface area contributed by atoms with Crippen LogP contribution in [-0.4, -0.2) is 7.32 Å². The van der Waals surface area contributed by atoms with Gasteiger partial charge in [0.25, 0.3) is 0 Å². The van der Waals surface area contributed by atoms with Gasteiger partial charge in [0, 0.05) is 0 Å². The first-order valence-corrected chi connectivity index (χ1v) is 27.0. The second kappa shape index (κ2) is 19.8. The van der Waals surface area contributed by atoms with Crippen molar-refractivity contribution in [3.8, 4) is 17.2 Å². The summed E-state index contributed by atoms with van der Waals surface area (Å²) < 4.78 is 127. The number of halogens is 6. The van der Waals surface area contributed by atoms with Gasteiger partial charge in [0.2, 0.25) is 0 Å². The average Bonchev–Trinajstić information content (AvgIpc) is 3.39. The summed E-state index contributed by atoms with van der Waals surface area (Å²) >= 11 is 0. The third kappa shape index (κ3) is 9.28. The van der Waals surface area contributed by atoms with Crippen molar-refractivity contribution >= 4 is 53.3 Å². The number of alkyl halides is 6. The molecule has 364 valence electrons. The van der Waals surface area contributed by atoms with Crippen LogP contribution < -0.4 is 45.5 Å². The summed E-state index contributed by atoms with van der Waals surface area (Å²) in [6.45, 7) is 3.78. The minimum atomic E-state index is -5.38. The minimum absolute atomic E-state index is 0.0428. The SMILES string of the molecule is Cc1cccc(OP(OB(Oc2cc(C(F)(F)F)cc(C(F)(F)F)c2)OP(Oc2cccc(C)c2)(c2ccccc2)(c2ccccc2)c2ccccc2)(c2ccccc2)(c2ccccc2)c2ccccc2)c1. The normalized spacial score (nSPS) is 13.2. The Morgan fingerprint density at radius 1 is 0.319 bits per heavy atom. The van der Waals surface area contributed by atoms with E-state index in [1.165, 1.54) is 0 Å². The number of aryl methyl sites for hydroxylation is 2. The maximum absolute atomic E-state index is 14.9. The number of benzene rings is 9. The van der Waals surface area contributed by atoms with E-state index in [4.69, 9.17) is 22.6 Å². The third-order valence-electron chi connectivity index (χ3n) is 12.3. The first kappa shape index (κ1) is 49.8. The van der Waals surface area contributed by atoms with Crippen LogP contribution in [0.2, 0.25) is 0 Å². The standard InChI is InChI=1S/C58H47BF6O5P2/c1-44-23-21-25-48(39-44)67-71(51-27-9-3-10-28-51,52-29-11-4-12-30-52,53-31-13-5-14-32-53)69-59(66-50-42-46(57(60,61)62)41-47(43-50)58(63,64)65)70-72(54-33-15-6-16-34-54,55-35-17-7-18-36-55,56-37-19-8-20-38-56)68-49-26-22-24-45(2)40-49/h3-43H,1-2H3. The quantitative estimate of drug-likeness (QED) is 0.0548. The van der Waals surface area contributed by atoms with E-state index >= 15 is 0 Å². The molecule has 0 spiro atoms. The zero-order valence-electron chi connectivity index (χ0n) is 39.0. The monoisotopic (exact) mass is 1010 g/mol. The fraction of sp³-hybridized carbons (Fsp3) is 0.0690. The number of rotatable bonds is 16. The molecule has 0 saturated heterocycles. The van der Waals surface area contributed by atoms with E-state index in [-0.39, 0.29) is 6.07 Å². The average molecular weight is 1010 g/mol. The Kier molecular flexibility index (Phi) is 13.7. The second-order valence-corrected chi connectivity index (χ2v) is 24.8. The van der Waals surface area contributed by atoms with Gasteiger partial charge in [0.05, 0.1) is 0 Å². The summed E-state index contributed by atoms with van der Waals surface area (Å²) in [5, 5.41) is 2.66. The molecular weight excluding hydrogens is 963 g/mol. The fourth-order valence-electron chi connectivity index (χ4n) is 9.05. The molecule has 0 amide bonds. The van der Waals surface area contributed by atoms with E-state index < -0.39 is 50.7 Å². The van der Waals surface area contributed by atoms with Crippen molar-refractivity contribution in [3.63, 3.8) is 0 Å². The van der Waals surface area contributed by atoms with E-state index in [0.717, 1.165) is 11.1 Å². The predicted molar refractivity (Wildman–Crippen MR) is 279 cm³/mol. The first-order chi connectivity index (χ1) is 34.6. The molecule has 0 atom stereocenters. The molecule has 5 nitrogen and oxygen atoms in total. The molecule has 0 saturated carbocycles. The van der Waals surface area contributed by atoms with Crippen LogP contribution in [0.3, 0.4) is 0 Å². The summed E-state index contributed by atoms with van der Waals surface area (Å²) in [6, 6.07) is 69.7. The molecule has 9 aromatic carbocycles. The van der Waals surface area contributed by atoms with Gasteiger partial charge in [0.1, 0.15) is 0 Å². The predicted octanol–water partition coefficient (Wildman–Crippen LogP) is 13.6. The summed E-state index contributed by atoms with van der Waals surface area (Å²) in [5.41, 5.74) is -1.59. The molecule has 0 aliphatic carbocycles. The van der Waals surface area contributed by atoms with E-state index in [0.29, 0.717) is 55.5 Å². The Bertz CT molecular complexity index is 2850. The summed E-state index contributed by atoms with van der Waals surface area (Å²) in [7, 11) is -13.1. The van der Waals surface area contributed by atoms with Gasteiger partial charge in [-0.1, -0.05) is 0 Å². The molecule has 0 aromatic heterocycles. The van der Waals surface area contributed by atoms with Crippen molar-refractivity contribution in [2.24, 2.45) is 0 Å². The van der Waals surface area contributed by atoms with Gasteiger partial charge in [-0.05, 0) is 0 Å². The van der Waals surface area contributed by atoms with Crippen LogP contribution in [0.4, 0.5) is 26.3 Å². The van der Waals surface area contributed by atoms with Crippen LogP contribution >= 0.6 is 14.1 Å². The summed E-state index contributed by atoms with van der Waals surface area (Å²) in [5.74, 6) is -0.224. The van der Waals surface area contributed by atoms with Crippen LogP contribution in [-0.2, 0) is 21.2 Å². The van der Waals surface area contributed by atoms with Gasteiger partial charge < -0.3 is 0 Å². The Balaban J connectivity index is 1.48. The molecule has 9 aromatic rings. The molecule has 0 radical (unpaired) electrons. The van der Waals surface area contributed by atoms with E-state index in [1.54, 1.807) is 84.9 Å². The fourth-order valence-corrected chi connectivity index (χ4v) is 18.5. The van der Waals surface area contributed by atoms with Gasteiger partial charge in [-0.3, -0.25) is 0 Å². The topological polar surface area (TPSA) is 46.2 Å². The molecule has 14 heteroatoms. The van der Waals surface area contributed by atoms with E-state index in [1.807, 2.05) is 159 Å². The van der Waals surface area contributed by atoms with Gasteiger partial charge >= 0.3 is 417 Å². The molecule has 0 fully saturated rings. The Labute approximate surface area is 415 Å². The first-order valence-electron chi connectivity index (χ1n) is 22.9. The van der Waals surface area contributed by atoms with Crippen molar-refractivity contribution in [1.82, 2.24) is 0 Å². The molecule has 0 unspecified atom stereocenters. The molecule has 0 bridgehead atoms. The molecule has 0 N–H and O–H groups in total. The Morgan fingerprint density at radius 3 is 0.847 bits per heavy atom. The molecule has 0 aliphatic heterocycles. The van der Waals surface area contributed by atoms with Crippen LogP contribution in [0.15, 0.2) is 249 Å². The van der Waals surface area contributed by atoms with Gasteiger partial charge in [-0.25, -0.2) is 0 Å². The number of hydrogen-bond acceptors (Lipinski definition) is 5. The molecule has 72 heavy (non-hydrogen) atoms. The van der Waals surface area contributed by atoms with Crippen LogP contribution in [0.1, 0.15) is 22.3 Å². The molecule has 0 aliphatic rings. The zero-order chi connectivity index (χ0) is 50.5. The Morgan fingerprint density at radius 2 is 0.597 bits per heavy atom. The van der Waals surface area contributed by atoms with Crippen molar-refractivity contribution in [1.29, 1.82) is 0 Å². The zero-order valence-corrected chi connectivity index (χ0v) is 40.7. The van der Waals surface area contributed by atoms with Crippen molar-refractivity contribution in [3.05, 3.63) is 271 Å². The molecular formula is C58H47BF6O5P2. The van der Waals surface area contributed by atoms with E-state index in [2.05, 4.69) is 0 Å². The van der Waals surface area contributed by atoms with Crippen molar-refractivity contribution in [2.75, 3.05) is 0 Å². The van der Waals surface area contributed by atoms with Crippen molar-refractivity contribution < 1.29 is 48.9 Å². The van der Waals surface area contributed by atoms with Crippen LogP contribution in [0, 0.1) is 13.8 Å². The molecule has 9 rings (SSSR count). The number of hydrogen-bond donors (Lipinski definition) is 0. The van der Waals surface area contributed by atoms with Crippen LogP contribution in [0.5, 0.6) is 17.2 Å². The van der Waals surface area contributed by atoms with Gasteiger partial charge in [-0.2, -0.15) is 0 Å². The summed E-state index contributed by atoms with van der Waals surface area (Å²) in [6.07, 6.45) is -10.5. The van der Waals surface area contributed by atoms with Crippen LogP contribution in [0.25, 0.3) is 0 Å². The van der Waals surface area contributed by atoms with Gasteiger partial charge in [0.15, 0.2) is 0 Å². The van der Waals surface area contributed by atoms with E-state index in [9.17, 15) is 26.3 Å². The third-order valence-corrected chi connectivity index (χ3v) is 21.9. The van der Waals surface area contributed by atoms with Crippen molar-refractivity contribution in [2.45, 2.75) is 26.2 Å².